The summed E-state index contributed by atoms with van der Waals surface area (Å²) in [5, 5.41) is 3.72. The van der Waals surface area contributed by atoms with Gasteiger partial charge in [-0.25, -0.2) is 8.78 Å². The van der Waals surface area contributed by atoms with Crippen molar-refractivity contribution in [1.82, 2.24) is 19.8 Å². The largest absolute Gasteiger partial charge is 0.461 e. The van der Waals surface area contributed by atoms with Gasteiger partial charge in [-0.05, 0) is 56.3 Å². The van der Waals surface area contributed by atoms with Gasteiger partial charge >= 0.3 is 6.01 Å². The van der Waals surface area contributed by atoms with E-state index < -0.39 is 11.6 Å². The Labute approximate surface area is 236 Å². The Kier molecular flexibility index (Phi) is 8.66. The normalized spacial score (nSPS) is 22.7. The number of likely N-dealkylation sites (tertiary alicyclic amines) is 1. The summed E-state index contributed by atoms with van der Waals surface area (Å²) in [6.07, 6.45) is 4.77. The fourth-order valence-electron chi connectivity index (χ4n) is 6.50. The number of nitrogens with one attached hydrogen (secondary N) is 1. The van der Waals surface area contributed by atoms with Crippen molar-refractivity contribution >= 4 is 22.3 Å². The van der Waals surface area contributed by atoms with Gasteiger partial charge in [0.25, 0.3) is 0 Å². The lowest BCUT2D eigenvalue weighted by molar-refractivity contribution is 0.0828. The minimum atomic E-state index is -0.728. The summed E-state index contributed by atoms with van der Waals surface area (Å²) in [6, 6.07) is 11.4. The number of rotatable bonds is 7. The van der Waals surface area contributed by atoms with Crippen LogP contribution in [0.15, 0.2) is 43.0 Å². The number of hydrogen-bond acceptors (Lipinski definition) is 6. The first-order valence-corrected chi connectivity index (χ1v) is 14.5. The van der Waals surface area contributed by atoms with E-state index >= 15 is 8.78 Å². The molecule has 1 unspecified atom stereocenters. The van der Waals surface area contributed by atoms with Crippen LogP contribution < -0.4 is 10.1 Å². The van der Waals surface area contributed by atoms with Crippen LogP contribution in [0.2, 0.25) is 0 Å². The zero-order valence-corrected chi connectivity index (χ0v) is 24.0. The predicted molar refractivity (Wildman–Crippen MR) is 157 cm³/mol. The van der Waals surface area contributed by atoms with Crippen LogP contribution in [0.5, 0.6) is 6.01 Å². The zero-order valence-electron chi connectivity index (χ0n) is 24.0. The van der Waals surface area contributed by atoms with E-state index in [1.807, 2.05) is 18.2 Å². The van der Waals surface area contributed by atoms with E-state index in [0.717, 1.165) is 57.9 Å². The van der Waals surface area contributed by atoms with Gasteiger partial charge in [0.2, 0.25) is 0 Å². The summed E-state index contributed by atoms with van der Waals surface area (Å²) in [5.74, 6) is -0.765. The molecule has 0 radical (unpaired) electrons. The van der Waals surface area contributed by atoms with Crippen molar-refractivity contribution in [2.75, 3.05) is 45.2 Å². The molecule has 0 aliphatic carbocycles. The third kappa shape index (κ3) is 5.98. The molecule has 2 aliphatic rings. The minimum Gasteiger partial charge on any atom is -0.461 e. The van der Waals surface area contributed by atoms with E-state index in [-0.39, 0.29) is 28.5 Å². The number of aromatic nitrogens is 2. The first-order chi connectivity index (χ1) is 19.3. The van der Waals surface area contributed by atoms with Crippen molar-refractivity contribution in [1.29, 1.82) is 0 Å². The lowest BCUT2D eigenvalue weighted by atomic mass is 9.92. The number of likely N-dealkylation sites (N-methyl/N-ethyl adjacent to an activating group) is 1. The van der Waals surface area contributed by atoms with Gasteiger partial charge in [-0.3, -0.25) is 9.80 Å². The molecule has 6 nitrogen and oxygen atoms in total. The number of allylic oxidation sites excluding steroid dienone is 1. The van der Waals surface area contributed by atoms with Crippen LogP contribution in [0.4, 0.5) is 14.6 Å². The summed E-state index contributed by atoms with van der Waals surface area (Å²) >= 11 is 0. The Morgan fingerprint density at radius 3 is 2.67 bits per heavy atom. The van der Waals surface area contributed by atoms with E-state index in [9.17, 15) is 0 Å². The Hall–Kier alpha value is -3.10. The summed E-state index contributed by atoms with van der Waals surface area (Å²) in [7, 11) is 2.13. The SMILES string of the molecule is C=C1C[C@@H](C)CN(Cc2ccccc2)CCNc2nc(OCC3(CCC)CCCN3C)nc3c(F)cc(F)c1c23. The molecule has 1 aromatic heterocycles. The highest BCUT2D eigenvalue weighted by Gasteiger charge is 2.39. The van der Waals surface area contributed by atoms with Crippen LogP contribution in [-0.4, -0.2) is 65.1 Å². The Bertz CT molecular complexity index is 1350. The fourth-order valence-corrected chi connectivity index (χ4v) is 6.50. The average Bonchev–Trinajstić information content (AvgIpc) is 3.27. The number of ether oxygens (including phenoxy) is 1. The molecule has 0 amide bonds. The van der Waals surface area contributed by atoms with Gasteiger partial charge in [0, 0.05) is 37.8 Å². The minimum absolute atomic E-state index is 0.0578. The second-order valence-electron chi connectivity index (χ2n) is 11.6. The van der Waals surface area contributed by atoms with Crippen LogP contribution >= 0.6 is 0 Å². The topological polar surface area (TPSA) is 53.5 Å². The first-order valence-electron chi connectivity index (χ1n) is 14.5. The Morgan fingerprint density at radius 1 is 1.15 bits per heavy atom. The molecule has 3 aromatic rings. The molecule has 5 rings (SSSR count). The summed E-state index contributed by atoms with van der Waals surface area (Å²) in [4.78, 5) is 13.9. The van der Waals surface area contributed by atoms with Crippen molar-refractivity contribution < 1.29 is 13.5 Å². The molecule has 0 bridgehead atoms. The molecule has 2 aromatic carbocycles. The highest BCUT2D eigenvalue weighted by Crippen LogP contribution is 2.38. The maximum Gasteiger partial charge on any atom is 0.319 e. The number of halogens is 2. The number of benzene rings is 2. The molecule has 2 aliphatic heterocycles. The van der Waals surface area contributed by atoms with E-state index in [0.29, 0.717) is 36.3 Å². The van der Waals surface area contributed by atoms with Crippen molar-refractivity contribution in [3.63, 3.8) is 0 Å². The maximum absolute atomic E-state index is 15.4. The quantitative estimate of drug-likeness (QED) is 0.362. The first kappa shape index (κ1) is 28.4. The van der Waals surface area contributed by atoms with Gasteiger partial charge in [-0.15, -0.1) is 0 Å². The van der Waals surface area contributed by atoms with Crippen LogP contribution in [0.3, 0.4) is 0 Å². The third-order valence-corrected chi connectivity index (χ3v) is 8.48. The number of hydrogen-bond donors (Lipinski definition) is 1. The highest BCUT2D eigenvalue weighted by molar-refractivity contribution is 5.99. The fraction of sp³-hybridized carbons (Fsp3) is 0.500. The summed E-state index contributed by atoms with van der Waals surface area (Å²) in [6.45, 7) is 12.9. The summed E-state index contributed by atoms with van der Waals surface area (Å²) < 4.78 is 36.9. The molecule has 2 atom stereocenters. The standard InChI is InChI=1S/C32H41F2N5O/c1-5-12-32(13-9-15-38(32)4)21-40-31-36-29-26(34)18-25(33)27-23(3)17-22(2)19-39(20-24-10-7-6-8-11-24)16-14-35-30(37-31)28(27)29/h6-8,10-11,18,22H,3,5,9,12-17,19-21H2,1-2,4H3,(H,35,36,37)/t22-,32?/m1/s1. The molecule has 3 heterocycles. The van der Waals surface area contributed by atoms with Crippen LogP contribution in [0.1, 0.15) is 57.1 Å². The third-order valence-electron chi connectivity index (χ3n) is 8.48. The lowest BCUT2D eigenvalue weighted by Crippen LogP contribution is -2.46. The molecule has 214 valence electrons. The monoisotopic (exact) mass is 549 g/mol. The predicted octanol–water partition coefficient (Wildman–Crippen LogP) is 6.52. The van der Waals surface area contributed by atoms with Gasteiger partial charge in [-0.1, -0.05) is 57.2 Å². The van der Waals surface area contributed by atoms with E-state index in [4.69, 9.17) is 9.72 Å². The second kappa shape index (κ2) is 12.2. The zero-order chi connectivity index (χ0) is 28.3. The van der Waals surface area contributed by atoms with Gasteiger partial charge in [0.1, 0.15) is 23.8 Å². The van der Waals surface area contributed by atoms with Gasteiger partial charge in [0.05, 0.1) is 10.9 Å². The molecule has 0 saturated carbocycles. The van der Waals surface area contributed by atoms with Gasteiger partial charge < -0.3 is 10.1 Å². The van der Waals surface area contributed by atoms with E-state index in [1.165, 1.54) is 5.56 Å². The number of nitrogens with zero attached hydrogens (tertiary/aromatic N) is 4. The van der Waals surface area contributed by atoms with Crippen LogP contribution in [0.25, 0.3) is 16.5 Å². The van der Waals surface area contributed by atoms with Crippen molar-refractivity contribution in [2.45, 2.75) is 58.0 Å². The molecular formula is C32H41F2N5O. The van der Waals surface area contributed by atoms with Crippen molar-refractivity contribution in [2.24, 2.45) is 5.92 Å². The van der Waals surface area contributed by atoms with Crippen LogP contribution in [-0.2, 0) is 6.54 Å². The lowest BCUT2D eigenvalue weighted by Gasteiger charge is -2.35. The second-order valence-corrected chi connectivity index (χ2v) is 11.6. The Morgan fingerprint density at radius 2 is 1.95 bits per heavy atom. The van der Waals surface area contributed by atoms with E-state index in [1.54, 1.807) is 0 Å². The van der Waals surface area contributed by atoms with Gasteiger partial charge in [-0.2, -0.15) is 9.97 Å². The van der Waals surface area contributed by atoms with Crippen molar-refractivity contribution in [3.05, 3.63) is 65.7 Å². The molecular weight excluding hydrogens is 508 g/mol. The highest BCUT2D eigenvalue weighted by atomic mass is 19.1. The Balaban J connectivity index is 1.50. The molecule has 1 fully saturated rings. The van der Waals surface area contributed by atoms with E-state index in [2.05, 4.69) is 59.7 Å². The smallest absolute Gasteiger partial charge is 0.319 e. The molecule has 8 heteroatoms. The molecule has 1 N–H and O–H groups in total. The average molecular weight is 550 g/mol. The molecule has 1 saturated heterocycles. The van der Waals surface area contributed by atoms with Crippen LogP contribution in [0, 0.1) is 17.6 Å². The van der Waals surface area contributed by atoms with Crippen molar-refractivity contribution in [3.8, 4) is 6.01 Å². The van der Waals surface area contributed by atoms with Gasteiger partial charge in [0.15, 0.2) is 5.82 Å². The molecule has 40 heavy (non-hydrogen) atoms. The summed E-state index contributed by atoms with van der Waals surface area (Å²) in [5.41, 5.74) is 2.10. The maximum atomic E-state index is 15.4. The molecule has 0 spiro atoms. The number of anilines is 1.